The molecular weight excluding hydrogens is 390 g/mol. The maximum absolute atomic E-state index is 12.8. The van der Waals surface area contributed by atoms with Gasteiger partial charge in [-0.2, -0.15) is 0 Å². The highest BCUT2D eigenvalue weighted by atomic mass is 32.1. The van der Waals surface area contributed by atoms with Crippen LogP contribution in [0.3, 0.4) is 0 Å². The number of hydrogen-bond acceptors (Lipinski definition) is 6. The number of nitrogens with one attached hydrogen (secondary N) is 2. The molecule has 2 aromatic heterocycles. The van der Waals surface area contributed by atoms with Crippen LogP contribution in [-0.4, -0.2) is 35.9 Å². The molecule has 0 aliphatic heterocycles. The van der Waals surface area contributed by atoms with Crippen LogP contribution in [-0.2, 0) is 6.42 Å². The Balaban J connectivity index is 1.57. The summed E-state index contributed by atoms with van der Waals surface area (Å²) in [6.45, 7) is 1.81. The van der Waals surface area contributed by atoms with Gasteiger partial charge >= 0.3 is 0 Å². The van der Waals surface area contributed by atoms with E-state index in [9.17, 15) is 9.59 Å². The SMILES string of the molecule is COc1ccc(-c2csc(NC(=O)c3[nH]c4c(c3C)C(=O)CCC4)n2)c(OC)c1. The van der Waals surface area contributed by atoms with Gasteiger partial charge in [0.25, 0.3) is 5.91 Å². The van der Waals surface area contributed by atoms with Gasteiger partial charge < -0.3 is 14.5 Å². The fraction of sp³-hybridized carbons (Fsp3) is 0.286. The van der Waals surface area contributed by atoms with E-state index in [1.54, 1.807) is 20.3 Å². The van der Waals surface area contributed by atoms with E-state index in [0.29, 0.717) is 45.6 Å². The molecule has 150 valence electrons. The van der Waals surface area contributed by atoms with Crippen LogP contribution in [0.15, 0.2) is 23.6 Å². The van der Waals surface area contributed by atoms with Crippen molar-refractivity contribution in [1.82, 2.24) is 9.97 Å². The number of benzene rings is 1. The first kappa shape index (κ1) is 19.2. The number of anilines is 1. The Morgan fingerprint density at radius 1 is 1.24 bits per heavy atom. The second kappa shape index (κ2) is 7.71. The number of aryl methyl sites for hydroxylation is 1. The zero-order valence-corrected chi connectivity index (χ0v) is 17.2. The molecule has 0 saturated heterocycles. The van der Waals surface area contributed by atoms with Crippen LogP contribution in [0.2, 0.25) is 0 Å². The third-order valence-electron chi connectivity index (χ3n) is 5.07. The first-order valence-electron chi connectivity index (χ1n) is 9.25. The Hall–Kier alpha value is -3.13. The Morgan fingerprint density at radius 2 is 2.07 bits per heavy atom. The lowest BCUT2D eigenvalue weighted by Crippen LogP contribution is -2.13. The van der Waals surface area contributed by atoms with E-state index in [1.165, 1.54) is 11.3 Å². The molecule has 2 N–H and O–H groups in total. The number of hydrogen-bond donors (Lipinski definition) is 2. The van der Waals surface area contributed by atoms with Crippen molar-refractivity contribution in [1.29, 1.82) is 0 Å². The number of H-pyrrole nitrogens is 1. The number of thiazole rings is 1. The lowest BCUT2D eigenvalue weighted by Gasteiger charge is -2.09. The predicted molar refractivity (Wildman–Crippen MR) is 111 cm³/mol. The minimum absolute atomic E-state index is 0.0992. The predicted octanol–water partition coefficient (Wildman–Crippen LogP) is 4.24. The first-order chi connectivity index (χ1) is 14.0. The van der Waals surface area contributed by atoms with Crippen molar-refractivity contribution >= 4 is 28.2 Å². The topological polar surface area (TPSA) is 93.3 Å². The highest BCUT2D eigenvalue weighted by molar-refractivity contribution is 7.14. The van der Waals surface area contributed by atoms with Crippen molar-refractivity contribution in [2.24, 2.45) is 0 Å². The third-order valence-corrected chi connectivity index (χ3v) is 5.83. The second-order valence-corrected chi connectivity index (χ2v) is 7.67. The van der Waals surface area contributed by atoms with Crippen molar-refractivity contribution in [2.75, 3.05) is 19.5 Å². The Morgan fingerprint density at radius 3 is 2.79 bits per heavy atom. The van der Waals surface area contributed by atoms with E-state index in [2.05, 4.69) is 15.3 Å². The molecule has 2 heterocycles. The van der Waals surface area contributed by atoms with Crippen molar-refractivity contribution in [3.63, 3.8) is 0 Å². The maximum Gasteiger partial charge on any atom is 0.274 e. The van der Waals surface area contributed by atoms with E-state index >= 15 is 0 Å². The summed E-state index contributed by atoms with van der Waals surface area (Å²) in [7, 11) is 3.18. The summed E-state index contributed by atoms with van der Waals surface area (Å²) >= 11 is 1.33. The Labute approximate surface area is 172 Å². The number of rotatable bonds is 5. The summed E-state index contributed by atoms with van der Waals surface area (Å²) in [4.78, 5) is 32.6. The number of aromatic amines is 1. The van der Waals surface area contributed by atoms with Gasteiger partial charge in [0.15, 0.2) is 10.9 Å². The number of methoxy groups -OCH3 is 2. The van der Waals surface area contributed by atoms with E-state index in [1.807, 2.05) is 24.4 Å². The zero-order valence-electron chi connectivity index (χ0n) is 16.4. The minimum atomic E-state index is -0.299. The quantitative estimate of drug-likeness (QED) is 0.655. The number of ether oxygens (including phenoxy) is 2. The van der Waals surface area contributed by atoms with E-state index in [4.69, 9.17) is 9.47 Å². The molecule has 1 amide bonds. The average Bonchev–Trinajstić information content (AvgIpc) is 3.32. The molecule has 0 atom stereocenters. The van der Waals surface area contributed by atoms with Crippen LogP contribution < -0.4 is 14.8 Å². The Bertz CT molecular complexity index is 1100. The number of Topliss-reactive ketones (excluding diaryl/α,β-unsaturated/α-hetero) is 1. The van der Waals surface area contributed by atoms with Crippen LogP contribution in [0.4, 0.5) is 5.13 Å². The molecule has 8 heteroatoms. The molecular formula is C21H21N3O4S. The van der Waals surface area contributed by atoms with Gasteiger partial charge in [-0.3, -0.25) is 14.9 Å². The van der Waals surface area contributed by atoms with E-state index < -0.39 is 0 Å². The van der Waals surface area contributed by atoms with Crippen molar-refractivity contribution < 1.29 is 19.1 Å². The molecule has 7 nitrogen and oxygen atoms in total. The van der Waals surface area contributed by atoms with Gasteiger partial charge in [0.2, 0.25) is 0 Å². The van der Waals surface area contributed by atoms with Gasteiger partial charge in [-0.1, -0.05) is 0 Å². The number of carbonyl (C=O) groups is 2. The normalized spacial score (nSPS) is 13.1. The summed E-state index contributed by atoms with van der Waals surface area (Å²) in [5, 5.41) is 5.16. The largest absolute Gasteiger partial charge is 0.497 e. The smallest absolute Gasteiger partial charge is 0.274 e. The zero-order chi connectivity index (χ0) is 20.5. The number of ketones is 1. The lowest BCUT2D eigenvalue weighted by atomic mass is 9.94. The third kappa shape index (κ3) is 3.51. The molecule has 0 saturated carbocycles. The van der Waals surface area contributed by atoms with Crippen LogP contribution in [0.25, 0.3) is 11.3 Å². The molecule has 0 spiro atoms. The van der Waals surface area contributed by atoms with Crippen molar-refractivity contribution in [3.8, 4) is 22.8 Å². The minimum Gasteiger partial charge on any atom is -0.497 e. The highest BCUT2D eigenvalue weighted by Crippen LogP contribution is 2.35. The lowest BCUT2D eigenvalue weighted by molar-refractivity contribution is 0.0971. The molecule has 0 bridgehead atoms. The van der Waals surface area contributed by atoms with Crippen molar-refractivity contribution in [3.05, 3.63) is 46.1 Å². The summed E-state index contributed by atoms with van der Waals surface area (Å²) < 4.78 is 10.7. The molecule has 1 aromatic carbocycles. The van der Waals surface area contributed by atoms with E-state index in [0.717, 1.165) is 24.1 Å². The average molecular weight is 411 g/mol. The molecule has 0 radical (unpaired) electrons. The first-order valence-corrected chi connectivity index (χ1v) is 10.1. The fourth-order valence-electron chi connectivity index (χ4n) is 3.63. The summed E-state index contributed by atoms with van der Waals surface area (Å²) in [6.07, 6.45) is 2.13. The van der Waals surface area contributed by atoms with Crippen LogP contribution in [0.1, 0.15) is 44.9 Å². The molecule has 4 rings (SSSR count). The van der Waals surface area contributed by atoms with Gasteiger partial charge in [0.05, 0.1) is 19.9 Å². The summed E-state index contributed by atoms with van der Waals surface area (Å²) in [6, 6.07) is 5.49. The number of fused-ring (bicyclic) bond motifs is 1. The van der Waals surface area contributed by atoms with Crippen LogP contribution in [0.5, 0.6) is 11.5 Å². The molecule has 0 fully saturated rings. The van der Waals surface area contributed by atoms with Gasteiger partial charge in [-0.05, 0) is 37.5 Å². The second-order valence-electron chi connectivity index (χ2n) is 6.81. The number of nitrogens with zero attached hydrogens (tertiary/aromatic N) is 1. The van der Waals surface area contributed by atoms with Gasteiger partial charge in [-0.15, -0.1) is 11.3 Å². The molecule has 29 heavy (non-hydrogen) atoms. The van der Waals surface area contributed by atoms with Gasteiger partial charge in [-0.25, -0.2) is 4.98 Å². The van der Waals surface area contributed by atoms with Gasteiger partial charge in [0.1, 0.15) is 17.2 Å². The number of aromatic nitrogens is 2. The molecule has 1 aliphatic rings. The number of carbonyl (C=O) groups excluding carboxylic acids is 2. The summed E-state index contributed by atoms with van der Waals surface area (Å²) in [5.41, 5.74) is 4.15. The molecule has 3 aromatic rings. The summed E-state index contributed by atoms with van der Waals surface area (Å²) in [5.74, 6) is 1.13. The fourth-order valence-corrected chi connectivity index (χ4v) is 4.33. The Kier molecular flexibility index (Phi) is 5.10. The molecule has 0 unspecified atom stereocenters. The van der Waals surface area contributed by atoms with Crippen LogP contribution >= 0.6 is 11.3 Å². The monoisotopic (exact) mass is 411 g/mol. The van der Waals surface area contributed by atoms with Gasteiger partial charge in [0, 0.05) is 34.7 Å². The molecule has 1 aliphatic carbocycles. The highest BCUT2D eigenvalue weighted by Gasteiger charge is 2.26. The van der Waals surface area contributed by atoms with Crippen molar-refractivity contribution in [2.45, 2.75) is 26.2 Å². The van der Waals surface area contributed by atoms with E-state index in [-0.39, 0.29) is 11.7 Å². The van der Waals surface area contributed by atoms with Crippen LogP contribution in [0, 0.1) is 6.92 Å². The maximum atomic E-state index is 12.8. The number of amides is 1. The standard InChI is InChI=1S/C21H21N3O4S/c1-11-18-14(5-4-6-16(18)25)22-19(11)20(26)24-21-23-15(10-29-21)13-8-7-12(27-2)9-17(13)28-3/h7-10,22H,4-6H2,1-3H3,(H,23,24,26).